The summed E-state index contributed by atoms with van der Waals surface area (Å²) >= 11 is 0. The molecule has 2 heterocycles. The number of H-pyrrole nitrogens is 1. The molecule has 5 nitrogen and oxygen atoms in total. The molecular formula is C23H27N3O2. The number of fused-ring (bicyclic) bond motifs is 1. The van der Waals surface area contributed by atoms with Crippen molar-refractivity contribution >= 4 is 22.4 Å². The molecule has 1 saturated heterocycles. The van der Waals surface area contributed by atoms with Crippen molar-refractivity contribution in [2.45, 2.75) is 19.9 Å². The van der Waals surface area contributed by atoms with Crippen LogP contribution >= 0.6 is 0 Å². The fraction of sp³-hybridized carbons (Fsp3) is 0.348. The van der Waals surface area contributed by atoms with Crippen LogP contribution in [0.2, 0.25) is 0 Å². The maximum atomic E-state index is 13.1. The summed E-state index contributed by atoms with van der Waals surface area (Å²) in [6.07, 6.45) is 1.85. The van der Waals surface area contributed by atoms with E-state index in [1.807, 2.05) is 62.5 Å². The summed E-state index contributed by atoms with van der Waals surface area (Å²) in [4.78, 5) is 21.0. The number of nitrogens with zero attached hydrogens (tertiary/aromatic N) is 2. The van der Waals surface area contributed by atoms with Gasteiger partial charge in [-0.1, -0.05) is 30.3 Å². The highest BCUT2D eigenvalue weighted by atomic mass is 16.5. The number of aromatic nitrogens is 1. The molecule has 5 heteroatoms. The van der Waals surface area contributed by atoms with Crippen LogP contribution in [-0.4, -0.2) is 54.5 Å². The Hall–Kier alpha value is -2.79. The standard InChI is InChI=1S/C23H27N3O2/c1-3-28-22-11-7-6-10-21(22)26-14-12-25(13-15-26)17(2)23(27)19-16-24-20-9-5-4-8-18(19)20/h4-11,16-17,24H,3,12-15H2,1-2H3/t17-/m1/s1. The minimum Gasteiger partial charge on any atom is -0.492 e. The third kappa shape index (κ3) is 3.50. The summed E-state index contributed by atoms with van der Waals surface area (Å²) < 4.78 is 5.78. The molecule has 1 N–H and O–H groups in total. The summed E-state index contributed by atoms with van der Waals surface area (Å²) in [5.74, 6) is 1.11. The Balaban J connectivity index is 1.44. The van der Waals surface area contributed by atoms with E-state index in [2.05, 4.69) is 20.9 Å². The average molecular weight is 377 g/mol. The summed E-state index contributed by atoms with van der Waals surface area (Å²) in [6, 6.07) is 16.0. The molecule has 146 valence electrons. The number of ether oxygens (including phenoxy) is 1. The fourth-order valence-electron chi connectivity index (χ4n) is 4.01. The number of ketones is 1. The van der Waals surface area contributed by atoms with Crippen LogP contribution < -0.4 is 9.64 Å². The maximum absolute atomic E-state index is 13.1. The van der Waals surface area contributed by atoms with Gasteiger partial charge in [0.15, 0.2) is 5.78 Å². The highest BCUT2D eigenvalue weighted by Crippen LogP contribution is 2.29. The van der Waals surface area contributed by atoms with Crippen molar-refractivity contribution < 1.29 is 9.53 Å². The first-order valence-corrected chi connectivity index (χ1v) is 10.00. The number of hydrogen-bond acceptors (Lipinski definition) is 4. The minimum absolute atomic E-state index is 0.136. The molecule has 0 aliphatic carbocycles. The number of para-hydroxylation sites is 3. The van der Waals surface area contributed by atoms with Gasteiger partial charge in [0.1, 0.15) is 5.75 Å². The number of benzene rings is 2. The molecule has 1 fully saturated rings. The highest BCUT2D eigenvalue weighted by molar-refractivity contribution is 6.10. The third-order valence-corrected chi connectivity index (χ3v) is 5.60. The first-order valence-electron chi connectivity index (χ1n) is 10.00. The summed E-state index contributed by atoms with van der Waals surface area (Å²) in [7, 11) is 0. The predicted octanol–water partition coefficient (Wildman–Crippen LogP) is 3.96. The maximum Gasteiger partial charge on any atom is 0.181 e. The zero-order valence-electron chi connectivity index (χ0n) is 16.5. The van der Waals surface area contributed by atoms with E-state index >= 15 is 0 Å². The lowest BCUT2D eigenvalue weighted by molar-refractivity contribution is 0.0831. The number of carbonyl (C=O) groups is 1. The van der Waals surface area contributed by atoms with E-state index in [1.165, 1.54) is 0 Å². The monoisotopic (exact) mass is 377 g/mol. The van der Waals surface area contributed by atoms with Gasteiger partial charge in [-0.25, -0.2) is 0 Å². The number of aromatic amines is 1. The Morgan fingerprint density at radius 2 is 1.79 bits per heavy atom. The first kappa shape index (κ1) is 18.6. The smallest absolute Gasteiger partial charge is 0.181 e. The van der Waals surface area contributed by atoms with Gasteiger partial charge in [-0.3, -0.25) is 9.69 Å². The molecule has 0 unspecified atom stereocenters. The van der Waals surface area contributed by atoms with E-state index in [4.69, 9.17) is 4.74 Å². The van der Waals surface area contributed by atoms with E-state index in [0.29, 0.717) is 6.61 Å². The van der Waals surface area contributed by atoms with Gasteiger partial charge in [0.2, 0.25) is 0 Å². The van der Waals surface area contributed by atoms with Crippen molar-refractivity contribution in [2.75, 3.05) is 37.7 Å². The molecule has 0 spiro atoms. The molecule has 0 bridgehead atoms. The van der Waals surface area contributed by atoms with Gasteiger partial charge < -0.3 is 14.6 Å². The number of carbonyl (C=O) groups excluding carboxylic acids is 1. The van der Waals surface area contributed by atoms with Gasteiger partial charge >= 0.3 is 0 Å². The Bertz CT molecular complexity index is 957. The van der Waals surface area contributed by atoms with Crippen LogP contribution in [0.15, 0.2) is 54.7 Å². The molecule has 0 saturated carbocycles. The van der Waals surface area contributed by atoms with Gasteiger partial charge in [0.05, 0.1) is 18.3 Å². The van der Waals surface area contributed by atoms with Crippen molar-refractivity contribution in [3.05, 3.63) is 60.3 Å². The Labute approximate surface area is 165 Å². The van der Waals surface area contributed by atoms with Crippen LogP contribution in [0.1, 0.15) is 24.2 Å². The van der Waals surface area contributed by atoms with E-state index < -0.39 is 0 Å². The largest absolute Gasteiger partial charge is 0.492 e. The second kappa shape index (κ2) is 8.07. The Morgan fingerprint density at radius 3 is 2.57 bits per heavy atom. The van der Waals surface area contributed by atoms with Crippen molar-refractivity contribution in [3.8, 4) is 5.75 Å². The number of Topliss-reactive ketones (excluding diaryl/α,β-unsaturated/α-hetero) is 1. The van der Waals surface area contributed by atoms with E-state index in [1.54, 1.807) is 0 Å². The van der Waals surface area contributed by atoms with Gasteiger partial charge in [0, 0.05) is 48.8 Å². The number of piperazine rings is 1. The molecule has 1 aliphatic heterocycles. The molecule has 1 aliphatic rings. The molecule has 28 heavy (non-hydrogen) atoms. The number of nitrogens with one attached hydrogen (secondary N) is 1. The van der Waals surface area contributed by atoms with Crippen molar-refractivity contribution in [3.63, 3.8) is 0 Å². The third-order valence-electron chi connectivity index (χ3n) is 5.60. The predicted molar refractivity (Wildman–Crippen MR) is 113 cm³/mol. The lowest BCUT2D eigenvalue weighted by atomic mass is 10.0. The molecular weight excluding hydrogens is 350 g/mol. The van der Waals surface area contributed by atoms with Gasteiger partial charge in [0.25, 0.3) is 0 Å². The molecule has 3 aromatic rings. The molecule has 0 amide bonds. The fourth-order valence-corrected chi connectivity index (χ4v) is 4.01. The zero-order valence-corrected chi connectivity index (χ0v) is 16.5. The van der Waals surface area contributed by atoms with Crippen LogP contribution in [0, 0.1) is 0 Å². The Morgan fingerprint density at radius 1 is 1.07 bits per heavy atom. The van der Waals surface area contributed by atoms with Gasteiger partial charge in [-0.15, -0.1) is 0 Å². The average Bonchev–Trinajstić information content (AvgIpc) is 3.18. The van der Waals surface area contributed by atoms with Crippen LogP contribution in [-0.2, 0) is 0 Å². The minimum atomic E-state index is -0.136. The van der Waals surface area contributed by atoms with Crippen LogP contribution in [0.5, 0.6) is 5.75 Å². The summed E-state index contributed by atoms with van der Waals surface area (Å²) in [5.41, 5.74) is 2.93. The summed E-state index contributed by atoms with van der Waals surface area (Å²) in [6.45, 7) is 8.17. The normalized spacial score (nSPS) is 16.3. The second-order valence-corrected chi connectivity index (χ2v) is 7.21. The highest BCUT2D eigenvalue weighted by Gasteiger charge is 2.28. The quantitative estimate of drug-likeness (QED) is 0.661. The van der Waals surface area contributed by atoms with Gasteiger partial charge in [-0.05, 0) is 32.0 Å². The first-order chi connectivity index (χ1) is 13.7. The second-order valence-electron chi connectivity index (χ2n) is 7.21. The van der Waals surface area contributed by atoms with E-state index in [0.717, 1.165) is 54.1 Å². The Kier molecular flexibility index (Phi) is 5.35. The molecule has 1 aromatic heterocycles. The van der Waals surface area contributed by atoms with Crippen LogP contribution in [0.25, 0.3) is 10.9 Å². The van der Waals surface area contributed by atoms with Gasteiger partial charge in [-0.2, -0.15) is 0 Å². The lowest BCUT2D eigenvalue weighted by Crippen LogP contribution is -2.51. The van der Waals surface area contributed by atoms with Crippen LogP contribution in [0.3, 0.4) is 0 Å². The van der Waals surface area contributed by atoms with Crippen LogP contribution in [0.4, 0.5) is 5.69 Å². The lowest BCUT2D eigenvalue weighted by Gasteiger charge is -2.39. The number of rotatable bonds is 6. The molecule has 0 radical (unpaired) electrons. The van der Waals surface area contributed by atoms with Crippen molar-refractivity contribution in [2.24, 2.45) is 0 Å². The molecule has 1 atom stereocenters. The molecule has 4 rings (SSSR count). The SMILES string of the molecule is CCOc1ccccc1N1CCN([C@H](C)C(=O)c2c[nH]c3ccccc23)CC1. The topological polar surface area (TPSA) is 48.6 Å². The zero-order chi connectivity index (χ0) is 19.5. The molecule has 2 aromatic carbocycles. The number of hydrogen-bond donors (Lipinski definition) is 1. The summed E-state index contributed by atoms with van der Waals surface area (Å²) in [5, 5.41) is 1.00. The van der Waals surface area contributed by atoms with E-state index in [9.17, 15) is 4.79 Å². The number of anilines is 1. The van der Waals surface area contributed by atoms with E-state index in [-0.39, 0.29) is 11.8 Å². The van der Waals surface area contributed by atoms with Crippen molar-refractivity contribution in [1.82, 2.24) is 9.88 Å². The van der Waals surface area contributed by atoms with Crippen molar-refractivity contribution in [1.29, 1.82) is 0 Å².